The molecule has 0 bridgehead atoms. The Morgan fingerprint density at radius 3 is 1.78 bits per heavy atom. The Balaban J connectivity index is 3.34. The number of nitrogens with zero attached hydrogens (tertiary/aromatic N) is 1. The lowest BCUT2D eigenvalue weighted by molar-refractivity contribution is -0.147. The van der Waals surface area contributed by atoms with Crippen molar-refractivity contribution in [2.45, 2.75) is 122 Å². The molecule has 0 N–H and O–H groups in total. The molecule has 1 atom stereocenters. The highest BCUT2D eigenvalue weighted by Gasteiger charge is 2.11. The van der Waals surface area contributed by atoms with Gasteiger partial charge in [-0.15, -0.1) is 0 Å². The van der Waals surface area contributed by atoms with E-state index >= 15 is 0 Å². The third-order valence-corrected chi connectivity index (χ3v) is 5.98. The predicted octanol–water partition coefficient (Wildman–Crippen LogP) is 6.77. The average molecular weight is 458 g/mol. The van der Waals surface area contributed by atoms with Crippen molar-refractivity contribution in [3.8, 4) is 0 Å². The van der Waals surface area contributed by atoms with E-state index in [0.29, 0.717) is 19.6 Å². The number of esters is 1. The first-order valence-corrected chi connectivity index (χ1v) is 13.5. The van der Waals surface area contributed by atoms with Gasteiger partial charge < -0.3 is 19.1 Å². The van der Waals surface area contributed by atoms with Crippen LogP contribution < -0.4 is 0 Å². The molecule has 5 heteroatoms. The van der Waals surface area contributed by atoms with Crippen LogP contribution in [0.5, 0.6) is 0 Å². The van der Waals surface area contributed by atoms with Gasteiger partial charge in [-0.1, -0.05) is 90.4 Å². The Kier molecular flexibility index (Phi) is 24.5. The Morgan fingerprint density at radius 1 is 0.750 bits per heavy atom. The van der Waals surface area contributed by atoms with Gasteiger partial charge in [-0.2, -0.15) is 0 Å². The fourth-order valence-corrected chi connectivity index (χ4v) is 3.78. The SMILES string of the molecule is CCCCCCCCCCCCCCCCOCCC(COC(=O)CCCN(C)C)OC. The lowest BCUT2D eigenvalue weighted by Crippen LogP contribution is -2.23. The van der Waals surface area contributed by atoms with Gasteiger partial charge in [0.15, 0.2) is 0 Å². The molecule has 0 saturated heterocycles. The summed E-state index contributed by atoms with van der Waals surface area (Å²) < 4.78 is 16.5. The molecule has 0 spiro atoms. The Hall–Kier alpha value is -0.650. The molecule has 192 valence electrons. The molecule has 0 aromatic heterocycles. The van der Waals surface area contributed by atoms with Gasteiger partial charge in [0.25, 0.3) is 0 Å². The smallest absolute Gasteiger partial charge is 0.305 e. The van der Waals surface area contributed by atoms with Crippen LogP contribution in [0.15, 0.2) is 0 Å². The summed E-state index contributed by atoms with van der Waals surface area (Å²) in [5, 5.41) is 0. The largest absolute Gasteiger partial charge is 0.463 e. The van der Waals surface area contributed by atoms with Crippen molar-refractivity contribution in [2.75, 3.05) is 47.6 Å². The van der Waals surface area contributed by atoms with Crippen LogP contribution in [-0.2, 0) is 19.0 Å². The molecule has 0 aliphatic rings. The zero-order valence-corrected chi connectivity index (χ0v) is 22.0. The highest BCUT2D eigenvalue weighted by molar-refractivity contribution is 5.69. The van der Waals surface area contributed by atoms with Crippen molar-refractivity contribution in [1.29, 1.82) is 0 Å². The normalized spacial score (nSPS) is 12.4. The Bertz CT molecular complexity index is 390. The van der Waals surface area contributed by atoms with Crippen LogP contribution in [0.4, 0.5) is 0 Å². The van der Waals surface area contributed by atoms with Gasteiger partial charge in [0.2, 0.25) is 0 Å². The lowest BCUT2D eigenvalue weighted by Gasteiger charge is -2.16. The molecule has 32 heavy (non-hydrogen) atoms. The lowest BCUT2D eigenvalue weighted by atomic mass is 10.0. The zero-order valence-electron chi connectivity index (χ0n) is 22.0. The summed E-state index contributed by atoms with van der Waals surface area (Å²) in [5.74, 6) is -0.141. The zero-order chi connectivity index (χ0) is 23.7. The van der Waals surface area contributed by atoms with Gasteiger partial charge in [-0.3, -0.25) is 4.79 Å². The highest BCUT2D eigenvalue weighted by atomic mass is 16.6. The fraction of sp³-hybridized carbons (Fsp3) is 0.963. The molecule has 0 aliphatic carbocycles. The molecule has 0 rings (SSSR count). The number of hydrogen-bond acceptors (Lipinski definition) is 5. The van der Waals surface area contributed by atoms with Crippen molar-refractivity contribution in [2.24, 2.45) is 0 Å². The summed E-state index contributed by atoms with van der Waals surface area (Å²) in [6, 6.07) is 0. The summed E-state index contributed by atoms with van der Waals surface area (Å²) in [6.07, 6.45) is 21.2. The summed E-state index contributed by atoms with van der Waals surface area (Å²) >= 11 is 0. The van der Waals surface area contributed by atoms with Gasteiger partial charge in [-0.05, 0) is 33.5 Å². The molecule has 0 radical (unpaired) electrons. The van der Waals surface area contributed by atoms with Gasteiger partial charge in [0, 0.05) is 33.2 Å². The molecule has 0 amide bonds. The van der Waals surface area contributed by atoms with Crippen LogP contribution >= 0.6 is 0 Å². The van der Waals surface area contributed by atoms with E-state index in [2.05, 4.69) is 11.8 Å². The average Bonchev–Trinajstić information content (AvgIpc) is 2.77. The monoisotopic (exact) mass is 457 g/mol. The number of hydrogen-bond donors (Lipinski definition) is 0. The highest BCUT2D eigenvalue weighted by Crippen LogP contribution is 2.13. The fourth-order valence-electron chi connectivity index (χ4n) is 3.78. The number of carbonyl (C=O) groups is 1. The van der Waals surface area contributed by atoms with Crippen molar-refractivity contribution >= 4 is 5.97 Å². The summed E-state index contributed by atoms with van der Waals surface area (Å²) in [5.41, 5.74) is 0. The maximum absolute atomic E-state index is 11.8. The third kappa shape index (κ3) is 24.0. The quantitative estimate of drug-likeness (QED) is 0.112. The maximum atomic E-state index is 11.8. The molecule has 1 unspecified atom stereocenters. The second-order valence-corrected chi connectivity index (χ2v) is 9.44. The van der Waals surface area contributed by atoms with Crippen LogP contribution in [0.3, 0.4) is 0 Å². The number of carbonyl (C=O) groups excluding carboxylic acids is 1. The van der Waals surface area contributed by atoms with E-state index in [1.54, 1.807) is 7.11 Å². The number of methoxy groups -OCH3 is 1. The maximum Gasteiger partial charge on any atom is 0.305 e. The van der Waals surface area contributed by atoms with Gasteiger partial charge in [0.05, 0.1) is 6.10 Å². The molecule has 0 saturated carbocycles. The van der Waals surface area contributed by atoms with Gasteiger partial charge >= 0.3 is 5.97 Å². The predicted molar refractivity (Wildman–Crippen MR) is 135 cm³/mol. The van der Waals surface area contributed by atoms with Crippen LogP contribution in [-0.4, -0.2) is 64.5 Å². The van der Waals surface area contributed by atoms with E-state index in [0.717, 1.165) is 32.4 Å². The molecule has 0 aromatic carbocycles. The topological polar surface area (TPSA) is 48.0 Å². The van der Waals surface area contributed by atoms with Crippen LogP contribution in [0, 0.1) is 0 Å². The van der Waals surface area contributed by atoms with E-state index in [4.69, 9.17) is 14.2 Å². The van der Waals surface area contributed by atoms with Crippen molar-refractivity contribution in [3.05, 3.63) is 0 Å². The number of rotatable bonds is 25. The Morgan fingerprint density at radius 2 is 1.28 bits per heavy atom. The molecule has 5 nitrogen and oxygen atoms in total. The second kappa shape index (κ2) is 25.0. The first-order chi connectivity index (χ1) is 15.6. The molecule has 0 aromatic rings. The molecule has 0 fully saturated rings. The summed E-state index contributed by atoms with van der Waals surface area (Å²) in [4.78, 5) is 13.8. The van der Waals surface area contributed by atoms with E-state index in [9.17, 15) is 4.79 Å². The third-order valence-electron chi connectivity index (χ3n) is 5.98. The second-order valence-electron chi connectivity index (χ2n) is 9.44. The number of unbranched alkanes of at least 4 members (excludes halogenated alkanes) is 13. The Labute approximate surface area is 199 Å². The first-order valence-electron chi connectivity index (χ1n) is 13.5. The van der Waals surface area contributed by atoms with Crippen LogP contribution in [0.25, 0.3) is 0 Å². The van der Waals surface area contributed by atoms with E-state index in [1.165, 1.54) is 83.5 Å². The van der Waals surface area contributed by atoms with E-state index in [-0.39, 0.29) is 12.1 Å². The summed E-state index contributed by atoms with van der Waals surface area (Å²) in [6.45, 7) is 4.98. The number of ether oxygens (including phenoxy) is 3. The molecular weight excluding hydrogens is 402 g/mol. The van der Waals surface area contributed by atoms with Crippen LogP contribution in [0.1, 0.15) is 116 Å². The summed E-state index contributed by atoms with van der Waals surface area (Å²) in [7, 11) is 5.67. The minimum absolute atomic E-state index is 0.0795. The molecular formula is C27H55NO4. The van der Waals surface area contributed by atoms with E-state index in [1.807, 2.05) is 14.1 Å². The van der Waals surface area contributed by atoms with E-state index < -0.39 is 0 Å². The minimum atomic E-state index is -0.141. The van der Waals surface area contributed by atoms with Crippen molar-refractivity contribution < 1.29 is 19.0 Å². The first kappa shape index (κ1) is 31.4. The molecule has 0 heterocycles. The standard InChI is InChI=1S/C27H55NO4/c1-5-6-7-8-9-10-11-12-13-14-15-16-17-18-23-31-24-21-26(30-4)25-32-27(29)20-19-22-28(2)3/h26H,5-25H2,1-4H3. The minimum Gasteiger partial charge on any atom is -0.463 e. The van der Waals surface area contributed by atoms with Crippen molar-refractivity contribution in [1.82, 2.24) is 4.90 Å². The molecule has 0 aliphatic heterocycles. The van der Waals surface area contributed by atoms with Crippen molar-refractivity contribution in [3.63, 3.8) is 0 Å². The van der Waals surface area contributed by atoms with Crippen LogP contribution in [0.2, 0.25) is 0 Å². The van der Waals surface area contributed by atoms with Gasteiger partial charge in [-0.25, -0.2) is 0 Å². The van der Waals surface area contributed by atoms with Gasteiger partial charge in [0.1, 0.15) is 6.61 Å².